The Morgan fingerprint density at radius 3 is 2.62 bits per heavy atom. The third-order valence-corrected chi connectivity index (χ3v) is 4.09. The second-order valence-corrected chi connectivity index (χ2v) is 5.44. The van der Waals surface area contributed by atoms with Crippen LogP contribution in [0.15, 0.2) is 21.8 Å². The van der Waals surface area contributed by atoms with Crippen LogP contribution >= 0.6 is 0 Å². The maximum absolute atomic E-state index is 11.3. The molecule has 0 radical (unpaired) electrons. The molecule has 21 heavy (non-hydrogen) atoms. The third-order valence-electron chi connectivity index (χ3n) is 4.09. The summed E-state index contributed by atoms with van der Waals surface area (Å²) in [6.45, 7) is 8.26. The van der Waals surface area contributed by atoms with E-state index in [2.05, 4.69) is 36.8 Å². The average Bonchev–Trinajstić information content (AvgIpc) is 2.91. The summed E-state index contributed by atoms with van der Waals surface area (Å²) in [6, 6.07) is 0. The van der Waals surface area contributed by atoms with E-state index < -0.39 is 0 Å². The fraction of sp³-hybridized carbons (Fsp3) is 0.412. The number of esters is 1. The van der Waals surface area contributed by atoms with Crippen LogP contribution in [0.2, 0.25) is 0 Å². The molecular weight excluding hydrogens is 264 g/mol. The van der Waals surface area contributed by atoms with Gasteiger partial charge in [0.15, 0.2) is 0 Å². The summed E-state index contributed by atoms with van der Waals surface area (Å²) in [5, 5.41) is 0. The number of hydrogen-bond acceptors (Lipinski definition) is 3. The molecule has 2 heterocycles. The highest BCUT2D eigenvalue weighted by atomic mass is 16.5. The van der Waals surface area contributed by atoms with E-state index in [0.29, 0.717) is 12.8 Å². The van der Waals surface area contributed by atoms with Gasteiger partial charge in [-0.15, -0.1) is 0 Å². The number of rotatable bonds is 4. The minimum Gasteiger partial charge on any atom is -0.469 e. The van der Waals surface area contributed by atoms with Crippen LogP contribution < -0.4 is 0 Å². The highest BCUT2D eigenvalue weighted by Gasteiger charge is 2.14. The molecule has 0 unspecified atom stereocenters. The number of aliphatic imine (C=N–C) groups is 1. The molecule has 112 valence electrons. The van der Waals surface area contributed by atoms with Gasteiger partial charge in [0.05, 0.1) is 12.8 Å². The molecule has 0 bridgehead atoms. The van der Waals surface area contributed by atoms with E-state index in [1.165, 1.54) is 29.4 Å². The van der Waals surface area contributed by atoms with Crippen molar-refractivity contribution in [1.82, 2.24) is 4.98 Å². The molecule has 1 N–H and O–H groups in total. The number of aromatic amines is 1. The van der Waals surface area contributed by atoms with Gasteiger partial charge in [0.25, 0.3) is 0 Å². The Hall–Kier alpha value is -2.10. The zero-order valence-electron chi connectivity index (χ0n) is 13.3. The second kappa shape index (κ2) is 6.12. The maximum atomic E-state index is 11.3. The summed E-state index contributed by atoms with van der Waals surface area (Å²) in [5.74, 6) is -0.176. The molecule has 2 rings (SSSR count). The number of carbonyl (C=O) groups is 1. The molecule has 0 atom stereocenters. The zero-order valence-corrected chi connectivity index (χ0v) is 13.3. The summed E-state index contributed by atoms with van der Waals surface area (Å²) < 4.78 is 4.71. The smallest absolute Gasteiger partial charge is 0.305 e. The van der Waals surface area contributed by atoms with Crippen molar-refractivity contribution in [3.05, 3.63) is 39.4 Å². The van der Waals surface area contributed by atoms with Crippen LogP contribution in [0.1, 0.15) is 42.8 Å². The van der Waals surface area contributed by atoms with Gasteiger partial charge in [-0.1, -0.05) is 0 Å². The molecule has 0 fully saturated rings. The lowest BCUT2D eigenvalue weighted by Crippen LogP contribution is -2.02. The van der Waals surface area contributed by atoms with Crippen molar-refractivity contribution < 1.29 is 9.53 Å². The molecule has 0 aromatic carbocycles. The molecule has 1 aliphatic heterocycles. The molecule has 1 aromatic rings. The Balaban J connectivity index is 2.26. The Labute approximate surface area is 125 Å². The number of hydrogen-bond donors (Lipinski definition) is 1. The van der Waals surface area contributed by atoms with E-state index in [1.54, 1.807) is 0 Å². The minimum atomic E-state index is -0.176. The summed E-state index contributed by atoms with van der Waals surface area (Å²) >= 11 is 0. The van der Waals surface area contributed by atoms with Gasteiger partial charge < -0.3 is 9.72 Å². The normalized spacial score (nSPS) is 16.1. The first kappa shape index (κ1) is 15.3. The molecule has 1 aliphatic rings. The fourth-order valence-corrected chi connectivity index (χ4v) is 2.51. The van der Waals surface area contributed by atoms with Crippen LogP contribution in [0.5, 0.6) is 0 Å². The number of aryl methyl sites for hydroxylation is 1. The van der Waals surface area contributed by atoms with Crippen molar-refractivity contribution in [2.75, 3.05) is 7.11 Å². The fourth-order valence-electron chi connectivity index (χ4n) is 2.51. The number of H-pyrrole nitrogens is 1. The minimum absolute atomic E-state index is 0.176. The molecule has 0 spiro atoms. The Morgan fingerprint density at radius 1 is 1.33 bits per heavy atom. The van der Waals surface area contributed by atoms with Crippen molar-refractivity contribution in [1.29, 1.82) is 0 Å². The van der Waals surface area contributed by atoms with Gasteiger partial charge in [0, 0.05) is 24.0 Å². The number of aromatic nitrogens is 1. The van der Waals surface area contributed by atoms with Gasteiger partial charge in [0.1, 0.15) is 0 Å². The van der Waals surface area contributed by atoms with Crippen molar-refractivity contribution >= 4 is 18.3 Å². The maximum Gasteiger partial charge on any atom is 0.305 e. The number of carbonyl (C=O) groups excluding carboxylic acids is 1. The quantitative estimate of drug-likeness (QED) is 0.861. The SMILES string of the molecule is COC(=O)CCc1c(C)[nH]c(/C=C2\N=CC(C)=C2C)c1C. The van der Waals surface area contributed by atoms with Gasteiger partial charge in [0.2, 0.25) is 0 Å². The largest absolute Gasteiger partial charge is 0.469 e. The standard InChI is InChI=1S/C17H22N2O2/c1-10-9-18-15(11(10)2)8-16-12(3)14(13(4)19-16)6-7-17(20)21-5/h8-9,19H,6-7H2,1-5H3/b15-8-. The van der Waals surface area contributed by atoms with Crippen molar-refractivity contribution in [2.24, 2.45) is 4.99 Å². The summed E-state index contributed by atoms with van der Waals surface area (Å²) in [5.41, 5.74) is 7.93. The zero-order chi connectivity index (χ0) is 15.6. The first-order chi connectivity index (χ1) is 9.93. The van der Waals surface area contributed by atoms with Gasteiger partial charge in [-0.05, 0) is 62.5 Å². The Morgan fingerprint density at radius 2 is 2.05 bits per heavy atom. The number of allylic oxidation sites excluding steroid dienone is 2. The van der Waals surface area contributed by atoms with Crippen molar-refractivity contribution in [2.45, 2.75) is 40.5 Å². The van der Waals surface area contributed by atoms with Gasteiger partial charge in [-0.25, -0.2) is 0 Å². The molecular formula is C17H22N2O2. The number of methoxy groups -OCH3 is 1. The molecule has 1 aromatic heterocycles. The Kier molecular flexibility index (Phi) is 4.46. The Bertz CT molecular complexity index is 661. The summed E-state index contributed by atoms with van der Waals surface area (Å²) in [4.78, 5) is 19.1. The molecule has 4 nitrogen and oxygen atoms in total. The van der Waals surface area contributed by atoms with E-state index in [-0.39, 0.29) is 5.97 Å². The number of nitrogens with one attached hydrogen (secondary N) is 1. The van der Waals surface area contributed by atoms with Gasteiger partial charge in [-0.2, -0.15) is 0 Å². The van der Waals surface area contributed by atoms with Crippen molar-refractivity contribution in [3.63, 3.8) is 0 Å². The number of nitrogens with zero attached hydrogens (tertiary/aromatic N) is 1. The topological polar surface area (TPSA) is 54.5 Å². The molecule has 0 amide bonds. The van der Waals surface area contributed by atoms with Crippen LogP contribution in [-0.2, 0) is 16.0 Å². The van der Waals surface area contributed by atoms with Gasteiger partial charge >= 0.3 is 5.97 Å². The van der Waals surface area contributed by atoms with E-state index in [0.717, 1.165) is 17.1 Å². The van der Waals surface area contributed by atoms with Gasteiger partial charge in [-0.3, -0.25) is 9.79 Å². The highest BCUT2D eigenvalue weighted by Crippen LogP contribution is 2.26. The van der Waals surface area contributed by atoms with Crippen LogP contribution in [0.4, 0.5) is 0 Å². The number of ether oxygens (including phenoxy) is 1. The lowest BCUT2D eigenvalue weighted by molar-refractivity contribution is -0.140. The molecule has 0 saturated carbocycles. The third kappa shape index (κ3) is 3.15. The summed E-state index contributed by atoms with van der Waals surface area (Å²) in [7, 11) is 1.42. The van der Waals surface area contributed by atoms with E-state index in [4.69, 9.17) is 4.74 Å². The van der Waals surface area contributed by atoms with E-state index >= 15 is 0 Å². The lowest BCUT2D eigenvalue weighted by atomic mass is 10.0. The predicted octanol–water partition coefficient (Wildman–Crippen LogP) is 3.50. The van der Waals surface area contributed by atoms with Crippen LogP contribution in [0.25, 0.3) is 6.08 Å². The van der Waals surface area contributed by atoms with Crippen LogP contribution in [0, 0.1) is 13.8 Å². The first-order valence-electron chi connectivity index (χ1n) is 7.12. The van der Waals surface area contributed by atoms with E-state index in [1.807, 2.05) is 13.1 Å². The lowest BCUT2D eigenvalue weighted by Gasteiger charge is -2.02. The van der Waals surface area contributed by atoms with E-state index in [9.17, 15) is 4.79 Å². The van der Waals surface area contributed by atoms with Crippen LogP contribution in [-0.4, -0.2) is 24.3 Å². The van der Waals surface area contributed by atoms with Crippen molar-refractivity contribution in [3.8, 4) is 0 Å². The van der Waals surface area contributed by atoms with Crippen LogP contribution in [0.3, 0.4) is 0 Å². The molecule has 4 heteroatoms. The molecule has 0 aliphatic carbocycles. The predicted molar refractivity (Wildman–Crippen MR) is 85.4 cm³/mol. The molecule has 0 saturated heterocycles. The monoisotopic (exact) mass is 286 g/mol. The first-order valence-corrected chi connectivity index (χ1v) is 7.12. The highest BCUT2D eigenvalue weighted by molar-refractivity contribution is 5.87. The second-order valence-electron chi connectivity index (χ2n) is 5.44. The summed E-state index contributed by atoms with van der Waals surface area (Å²) in [6.07, 6.45) is 5.07. The average molecular weight is 286 g/mol.